The maximum absolute atomic E-state index is 10.3. The summed E-state index contributed by atoms with van der Waals surface area (Å²) in [4.78, 5) is 14.3. The number of carbonyl (C=O) groups is 1. The van der Waals surface area contributed by atoms with Gasteiger partial charge in [0.1, 0.15) is 0 Å². The van der Waals surface area contributed by atoms with E-state index in [9.17, 15) is 4.79 Å². The largest absolute Gasteiger partial charge is 0.410 e. The SMILES string of the molecule is Cc1cc(OC(N)=O)cnc1C. The summed E-state index contributed by atoms with van der Waals surface area (Å²) in [5, 5.41) is 0. The van der Waals surface area contributed by atoms with Crippen LogP contribution in [0.5, 0.6) is 5.75 Å². The van der Waals surface area contributed by atoms with Gasteiger partial charge >= 0.3 is 6.09 Å². The molecule has 0 atom stereocenters. The second kappa shape index (κ2) is 3.21. The lowest BCUT2D eigenvalue weighted by atomic mass is 10.2. The molecule has 12 heavy (non-hydrogen) atoms. The molecule has 0 saturated heterocycles. The molecular formula is C8H10N2O2. The van der Waals surface area contributed by atoms with Crippen molar-refractivity contribution in [2.75, 3.05) is 0 Å². The molecule has 0 aromatic carbocycles. The van der Waals surface area contributed by atoms with Gasteiger partial charge in [-0.1, -0.05) is 0 Å². The van der Waals surface area contributed by atoms with E-state index in [4.69, 9.17) is 5.73 Å². The minimum absolute atomic E-state index is 0.380. The monoisotopic (exact) mass is 166 g/mol. The van der Waals surface area contributed by atoms with Gasteiger partial charge in [-0.2, -0.15) is 0 Å². The van der Waals surface area contributed by atoms with Crippen LogP contribution in [-0.2, 0) is 0 Å². The van der Waals surface area contributed by atoms with E-state index < -0.39 is 6.09 Å². The van der Waals surface area contributed by atoms with Crippen LogP contribution >= 0.6 is 0 Å². The van der Waals surface area contributed by atoms with Gasteiger partial charge in [0.05, 0.1) is 6.20 Å². The molecule has 1 amide bonds. The van der Waals surface area contributed by atoms with Crippen molar-refractivity contribution in [3.8, 4) is 5.75 Å². The van der Waals surface area contributed by atoms with Crippen LogP contribution in [0, 0.1) is 13.8 Å². The number of amides is 1. The van der Waals surface area contributed by atoms with Crippen molar-refractivity contribution in [1.82, 2.24) is 4.98 Å². The van der Waals surface area contributed by atoms with Gasteiger partial charge in [0, 0.05) is 5.69 Å². The van der Waals surface area contributed by atoms with Gasteiger partial charge in [-0.3, -0.25) is 4.98 Å². The summed E-state index contributed by atoms with van der Waals surface area (Å²) >= 11 is 0. The molecule has 0 bridgehead atoms. The van der Waals surface area contributed by atoms with Crippen molar-refractivity contribution in [2.45, 2.75) is 13.8 Å². The quantitative estimate of drug-likeness (QED) is 0.680. The van der Waals surface area contributed by atoms with Crippen LogP contribution in [0.15, 0.2) is 12.3 Å². The average Bonchev–Trinajstić information content (AvgIpc) is 1.96. The van der Waals surface area contributed by atoms with Gasteiger partial charge < -0.3 is 10.5 Å². The van der Waals surface area contributed by atoms with Crippen molar-refractivity contribution in [1.29, 1.82) is 0 Å². The molecule has 0 saturated carbocycles. The van der Waals surface area contributed by atoms with Crippen LogP contribution in [0.1, 0.15) is 11.3 Å². The topological polar surface area (TPSA) is 65.2 Å². The Bertz CT molecular complexity index is 310. The lowest BCUT2D eigenvalue weighted by Crippen LogP contribution is -2.16. The minimum atomic E-state index is -0.819. The highest BCUT2D eigenvalue weighted by Crippen LogP contribution is 2.13. The second-order valence-corrected chi connectivity index (χ2v) is 2.49. The Labute approximate surface area is 70.4 Å². The fourth-order valence-electron chi connectivity index (χ4n) is 0.789. The Morgan fingerprint density at radius 1 is 1.58 bits per heavy atom. The zero-order chi connectivity index (χ0) is 9.14. The first kappa shape index (κ1) is 8.52. The van der Waals surface area contributed by atoms with Gasteiger partial charge in [-0.05, 0) is 25.5 Å². The third-order valence-corrected chi connectivity index (χ3v) is 1.53. The average molecular weight is 166 g/mol. The number of rotatable bonds is 1. The third kappa shape index (κ3) is 1.95. The Morgan fingerprint density at radius 2 is 2.25 bits per heavy atom. The third-order valence-electron chi connectivity index (χ3n) is 1.53. The van der Waals surface area contributed by atoms with Crippen LogP contribution in [0.4, 0.5) is 4.79 Å². The lowest BCUT2D eigenvalue weighted by molar-refractivity contribution is 0.210. The highest BCUT2D eigenvalue weighted by molar-refractivity contribution is 5.67. The second-order valence-electron chi connectivity index (χ2n) is 2.49. The molecule has 1 aromatic rings. The highest BCUT2D eigenvalue weighted by Gasteiger charge is 2.00. The molecule has 0 aliphatic heterocycles. The number of hydrogen-bond donors (Lipinski definition) is 1. The van der Waals surface area contributed by atoms with Gasteiger partial charge in [-0.15, -0.1) is 0 Å². The van der Waals surface area contributed by atoms with E-state index in [1.165, 1.54) is 6.20 Å². The molecule has 1 aromatic heterocycles. The molecule has 4 heteroatoms. The van der Waals surface area contributed by atoms with E-state index in [-0.39, 0.29) is 0 Å². The maximum Gasteiger partial charge on any atom is 0.410 e. The lowest BCUT2D eigenvalue weighted by Gasteiger charge is -2.02. The first-order chi connectivity index (χ1) is 5.59. The fraction of sp³-hybridized carbons (Fsp3) is 0.250. The van der Waals surface area contributed by atoms with E-state index in [0.29, 0.717) is 5.75 Å². The highest BCUT2D eigenvalue weighted by atomic mass is 16.5. The number of nitrogens with two attached hydrogens (primary N) is 1. The van der Waals surface area contributed by atoms with Crippen LogP contribution in [-0.4, -0.2) is 11.1 Å². The van der Waals surface area contributed by atoms with Crippen LogP contribution in [0.2, 0.25) is 0 Å². The van der Waals surface area contributed by atoms with E-state index in [1.54, 1.807) is 6.07 Å². The zero-order valence-corrected chi connectivity index (χ0v) is 7.00. The molecule has 0 fully saturated rings. The summed E-state index contributed by atoms with van der Waals surface area (Å²) in [5.74, 6) is 0.380. The number of ether oxygens (including phenoxy) is 1. The molecule has 0 unspecified atom stereocenters. The first-order valence-electron chi connectivity index (χ1n) is 3.50. The molecule has 4 nitrogen and oxygen atoms in total. The van der Waals surface area contributed by atoms with Crippen LogP contribution in [0.25, 0.3) is 0 Å². The number of aryl methyl sites for hydroxylation is 2. The zero-order valence-electron chi connectivity index (χ0n) is 7.00. The summed E-state index contributed by atoms with van der Waals surface area (Å²) in [6, 6.07) is 1.72. The molecule has 0 aliphatic rings. The van der Waals surface area contributed by atoms with E-state index in [1.807, 2.05) is 13.8 Å². The van der Waals surface area contributed by atoms with Crippen molar-refractivity contribution >= 4 is 6.09 Å². The summed E-state index contributed by atoms with van der Waals surface area (Å²) in [5.41, 5.74) is 6.70. The fourth-order valence-corrected chi connectivity index (χ4v) is 0.789. The molecule has 0 spiro atoms. The minimum Gasteiger partial charge on any atom is -0.409 e. The first-order valence-corrected chi connectivity index (χ1v) is 3.50. The van der Waals surface area contributed by atoms with Crippen molar-refractivity contribution in [2.24, 2.45) is 5.73 Å². The number of pyridine rings is 1. The summed E-state index contributed by atoms with van der Waals surface area (Å²) in [6.45, 7) is 3.76. The number of hydrogen-bond acceptors (Lipinski definition) is 3. The normalized spacial score (nSPS) is 9.50. The molecular weight excluding hydrogens is 156 g/mol. The Hall–Kier alpha value is -1.58. The molecule has 0 aliphatic carbocycles. The summed E-state index contributed by atoms with van der Waals surface area (Å²) in [7, 11) is 0. The number of primary amides is 1. The van der Waals surface area contributed by atoms with Crippen molar-refractivity contribution < 1.29 is 9.53 Å². The Morgan fingerprint density at radius 3 is 2.75 bits per heavy atom. The van der Waals surface area contributed by atoms with Crippen LogP contribution in [0.3, 0.4) is 0 Å². The molecule has 2 N–H and O–H groups in total. The summed E-state index contributed by atoms with van der Waals surface area (Å²) < 4.78 is 4.63. The smallest absolute Gasteiger partial charge is 0.409 e. The maximum atomic E-state index is 10.3. The van der Waals surface area contributed by atoms with E-state index in [2.05, 4.69) is 9.72 Å². The number of aromatic nitrogens is 1. The van der Waals surface area contributed by atoms with Gasteiger partial charge in [0.2, 0.25) is 0 Å². The molecule has 64 valence electrons. The molecule has 0 radical (unpaired) electrons. The van der Waals surface area contributed by atoms with Gasteiger partial charge in [-0.25, -0.2) is 4.79 Å². The predicted molar refractivity (Wildman–Crippen MR) is 43.9 cm³/mol. The van der Waals surface area contributed by atoms with Gasteiger partial charge in [0.25, 0.3) is 0 Å². The standard InChI is InChI=1S/C8H10N2O2/c1-5-3-7(12-8(9)11)4-10-6(5)2/h3-4H,1-2H3,(H2,9,11). The molecule has 1 heterocycles. The Kier molecular flexibility index (Phi) is 2.28. The van der Waals surface area contributed by atoms with Gasteiger partial charge in [0.15, 0.2) is 5.75 Å². The number of carbonyl (C=O) groups excluding carboxylic acids is 1. The van der Waals surface area contributed by atoms with Crippen molar-refractivity contribution in [3.63, 3.8) is 0 Å². The Balaban J connectivity index is 2.89. The number of nitrogens with zero attached hydrogens (tertiary/aromatic N) is 1. The van der Waals surface area contributed by atoms with Crippen molar-refractivity contribution in [3.05, 3.63) is 23.5 Å². The predicted octanol–water partition coefficient (Wildman–Crippen LogP) is 1.16. The van der Waals surface area contributed by atoms with E-state index in [0.717, 1.165) is 11.3 Å². The van der Waals surface area contributed by atoms with E-state index >= 15 is 0 Å². The molecule has 1 rings (SSSR count). The summed E-state index contributed by atoms with van der Waals surface area (Å²) in [6.07, 6.45) is 0.646. The van der Waals surface area contributed by atoms with Crippen LogP contribution < -0.4 is 10.5 Å².